The number of halogens is 5. The third-order valence-corrected chi connectivity index (χ3v) is 4.98. The van der Waals surface area contributed by atoms with E-state index in [-0.39, 0.29) is 22.3 Å². The van der Waals surface area contributed by atoms with E-state index in [4.69, 9.17) is 0 Å². The minimum atomic E-state index is -4.83. The predicted molar refractivity (Wildman–Crippen MR) is 80.6 cm³/mol. The van der Waals surface area contributed by atoms with E-state index in [1.54, 1.807) is 0 Å². The molecule has 2 rings (SSSR count). The van der Waals surface area contributed by atoms with Gasteiger partial charge in [0.05, 0.1) is 10.5 Å². The van der Waals surface area contributed by atoms with Crippen molar-refractivity contribution in [1.29, 1.82) is 0 Å². The lowest BCUT2D eigenvalue weighted by molar-refractivity contribution is -0.139. The molecule has 3 nitrogen and oxygen atoms in total. The highest BCUT2D eigenvalue weighted by Crippen LogP contribution is 2.34. The lowest BCUT2D eigenvalue weighted by Crippen LogP contribution is -2.18. The van der Waals surface area contributed by atoms with Gasteiger partial charge in [-0.05, 0) is 36.4 Å². The number of nitrogens with one attached hydrogen (secondary N) is 1. The van der Waals surface area contributed by atoms with Crippen LogP contribution in [0.25, 0.3) is 0 Å². The van der Waals surface area contributed by atoms with Gasteiger partial charge in [-0.15, -0.1) is 0 Å². The number of hydrogen-bond acceptors (Lipinski definition) is 3. The molecule has 10 heteroatoms. The van der Waals surface area contributed by atoms with Crippen LogP contribution in [-0.4, -0.2) is 14.2 Å². The van der Waals surface area contributed by atoms with Gasteiger partial charge in [-0.25, -0.2) is 8.42 Å². The Morgan fingerprint density at radius 3 is 2.08 bits per heavy atom. The summed E-state index contributed by atoms with van der Waals surface area (Å²) in [6, 6.07) is 8.62. The second-order valence-corrected chi connectivity index (χ2v) is 7.22. The van der Waals surface area contributed by atoms with Crippen molar-refractivity contribution in [2.75, 3.05) is 4.72 Å². The molecule has 0 bridgehead atoms. The molecule has 0 amide bonds. The van der Waals surface area contributed by atoms with Crippen LogP contribution >= 0.6 is 11.8 Å². The summed E-state index contributed by atoms with van der Waals surface area (Å²) < 4.78 is 89.6. The van der Waals surface area contributed by atoms with Crippen molar-refractivity contribution in [3.05, 3.63) is 54.1 Å². The highest BCUT2D eigenvalue weighted by Gasteiger charge is 2.36. The predicted octanol–water partition coefficient (Wildman–Crippen LogP) is 4.82. The maximum Gasteiger partial charge on any atom is 0.417 e. The fourth-order valence-electron chi connectivity index (χ4n) is 1.85. The summed E-state index contributed by atoms with van der Waals surface area (Å²) in [6.07, 6.45) is -4.83. The van der Waals surface area contributed by atoms with Crippen LogP contribution in [-0.2, 0) is 16.2 Å². The van der Waals surface area contributed by atoms with Gasteiger partial charge >= 0.3 is 6.18 Å². The summed E-state index contributed by atoms with van der Waals surface area (Å²) in [4.78, 5) is -0.716. The Hall–Kier alpha value is -1.81. The van der Waals surface area contributed by atoms with Crippen LogP contribution in [0.15, 0.2) is 58.3 Å². The van der Waals surface area contributed by atoms with E-state index < -0.39 is 32.4 Å². The Balaban J connectivity index is 2.30. The highest BCUT2D eigenvalue weighted by atomic mass is 32.2. The standard InChI is InChI=1S/C14H10F5NO2S2/c15-13(16)23-10-7-5-9(6-8-10)20-24(21,22)12-4-2-1-3-11(12)14(17,18)19/h1-8,13,20H. The molecule has 0 aromatic heterocycles. The van der Waals surface area contributed by atoms with Gasteiger partial charge in [0, 0.05) is 10.6 Å². The zero-order chi connectivity index (χ0) is 18.0. The number of thioether (sulfide) groups is 1. The third-order valence-electron chi connectivity index (χ3n) is 2.81. The minimum Gasteiger partial charge on any atom is -0.280 e. The maximum absolute atomic E-state index is 12.9. The zero-order valence-corrected chi connectivity index (χ0v) is 13.4. The zero-order valence-electron chi connectivity index (χ0n) is 11.7. The monoisotopic (exact) mass is 383 g/mol. The van der Waals surface area contributed by atoms with E-state index in [1.807, 2.05) is 4.72 Å². The van der Waals surface area contributed by atoms with Crippen LogP contribution in [0.4, 0.5) is 27.6 Å². The largest absolute Gasteiger partial charge is 0.417 e. The van der Waals surface area contributed by atoms with Crippen molar-refractivity contribution in [1.82, 2.24) is 0 Å². The summed E-state index contributed by atoms with van der Waals surface area (Å²) in [5.74, 6) is -2.63. The van der Waals surface area contributed by atoms with Crippen molar-refractivity contribution >= 4 is 27.5 Å². The van der Waals surface area contributed by atoms with Crippen molar-refractivity contribution in [3.63, 3.8) is 0 Å². The Labute approximate surface area is 138 Å². The number of hydrogen-bond donors (Lipinski definition) is 1. The molecular formula is C14H10F5NO2S2. The number of benzene rings is 2. The molecule has 0 aliphatic rings. The van der Waals surface area contributed by atoms with Gasteiger partial charge in [0.1, 0.15) is 0 Å². The van der Waals surface area contributed by atoms with E-state index in [0.717, 1.165) is 12.1 Å². The molecule has 130 valence electrons. The smallest absolute Gasteiger partial charge is 0.280 e. The Morgan fingerprint density at radius 1 is 0.958 bits per heavy atom. The van der Waals surface area contributed by atoms with E-state index in [1.165, 1.54) is 30.3 Å². The van der Waals surface area contributed by atoms with Crippen LogP contribution in [0.1, 0.15) is 5.56 Å². The molecule has 1 N–H and O–H groups in total. The van der Waals surface area contributed by atoms with E-state index in [0.29, 0.717) is 6.07 Å². The van der Waals surface area contributed by atoms with Gasteiger partial charge in [-0.2, -0.15) is 22.0 Å². The fourth-order valence-corrected chi connectivity index (χ4v) is 3.64. The quantitative estimate of drug-likeness (QED) is 0.595. The van der Waals surface area contributed by atoms with Gasteiger partial charge < -0.3 is 0 Å². The minimum absolute atomic E-state index is 0.0365. The molecular weight excluding hydrogens is 373 g/mol. The number of sulfonamides is 1. The highest BCUT2D eigenvalue weighted by molar-refractivity contribution is 7.99. The van der Waals surface area contributed by atoms with Gasteiger partial charge in [0.15, 0.2) is 0 Å². The lowest BCUT2D eigenvalue weighted by atomic mass is 10.2. The molecule has 0 aliphatic carbocycles. The molecule has 0 saturated heterocycles. The van der Waals surface area contributed by atoms with Crippen LogP contribution in [0.5, 0.6) is 0 Å². The van der Waals surface area contributed by atoms with Gasteiger partial charge in [-0.3, -0.25) is 4.72 Å². The third kappa shape index (κ3) is 4.60. The molecule has 0 atom stereocenters. The first-order chi connectivity index (χ1) is 11.1. The second kappa shape index (κ2) is 6.98. The Morgan fingerprint density at radius 2 is 1.54 bits per heavy atom. The van der Waals surface area contributed by atoms with Crippen LogP contribution in [0, 0.1) is 0 Å². The first-order valence-corrected chi connectivity index (χ1v) is 8.70. The van der Waals surface area contributed by atoms with Crippen molar-refractivity contribution in [3.8, 4) is 0 Å². The van der Waals surface area contributed by atoms with Crippen LogP contribution < -0.4 is 4.72 Å². The first-order valence-electron chi connectivity index (χ1n) is 6.33. The van der Waals surface area contributed by atoms with Gasteiger partial charge in [-0.1, -0.05) is 23.9 Å². The molecule has 0 radical (unpaired) electrons. The molecule has 0 spiro atoms. The fraction of sp³-hybridized carbons (Fsp3) is 0.143. The summed E-state index contributed by atoms with van der Waals surface area (Å²) in [5.41, 5.74) is -1.33. The first kappa shape index (κ1) is 18.5. The van der Waals surface area contributed by atoms with E-state index in [2.05, 4.69) is 0 Å². The normalized spacial score (nSPS) is 12.4. The maximum atomic E-state index is 12.9. The lowest BCUT2D eigenvalue weighted by Gasteiger charge is -2.14. The van der Waals surface area contributed by atoms with Gasteiger partial charge in [0.2, 0.25) is 0 Å². The van der Waals surface area contributed by atoms with Gasteiger partial charge in [0.25, 0.3) is 15.8 Å². The molecule has 0 saturated carbocycles. The SMILES string of the molecule is O=S(=O)(Nc1ccc(SC(F)F)cc1)c1ccccc1C(F)(F)F. The number of alkyl halides is 5. The Bertz CT molecular complexity index is 805. The van der Waals surface area contributed by atoms with Crippen molar-refractivity contribution < 1.29 is 30.4 Å². The van der Waals surface area contributed by atoms with E-state index in [9.17, 15) is 30.4 Å². The molecule has 2 aromatic rings. The number of anilines is 1. The summed E-state index contributed by atoms with van der Waals surface area (Å²) in [7, 11) is -4.49. The molecule has 0 heterocycles. The molecule has 0 unspecified atom stereocenters. The summed E-state index contributed by atoms with van der Waals surface area (Å²) in [5, 5.41) is 0. The van der Waals surface area contributed by atoms with Crippen LogP contribution in [0.3, 0.4) is 0 Å². The summed E-state index contributed by atoms with van der Waals surface area (Å²) in [6.45, 7) is 0. The average Bonchev–Trinajstić information content (AvgIpc) is 2.48. The molecule has 24 heavy (non-hydrogen) atoms. The molecule has 0 fully saturated rings. The Kier molecular flexibility index (Phi) is 5.38. The van der Waals surface area contributed by atoms with Crippen LogP contribution in [0.2, 0.25) is 0 Å². The van der Waals surface area contributed by atoms with E-state index >= 15 is 0 Å². The topological polar surface area (TPSA) is 46.2 Å². The second-order valence-electron chi connectivity index (χ2n) is 4.50. The van der Waals surface area contributed by atoms with Crippen molar-refractivity contribution in [2.45, 2.75) is 21.7 Å². The molecule has 2 aromatic carbocycles. The molecule has 0 aliphatic heterocycles. The summed E-state index contributed by atoms with van der Waals surface area (Å²) >= 11 is 0.268. The number of rotatable bonds is 5. The van der Waals surface area contributed by atoms with Crippen molar-refractivity contribution in [2.24, 2.45) is 0 Å². The average molecular weight is 383 g/mol.